The van der Waals surface area contributed by atoms with Crippen LogP contribution in [-0.2, 0) is 9.59 Å². The molecule has 5 nitrogen and oxygen atoms in total. The molecule has 0 heterocycles. The normalized spacial score (nSPS) is 14.5. The summed E-state index contributed by atoms with van der Waals surface area (Å²) >= 11 is 0. The van der Waals surface area contributed by atoms with Crippen LogP contribution in [0, 0.1) is 0 Å². The maximum absolute atomic E-state index is 11.1. The molecule has 0 aromatic rings. The van der Waals surface area contributed by atoms with Crippen LogP contribution in [0.5, 0.6) is 0 Å². The Bertz CT molecular complexity index is 217. The van der Waals surface area contributed by atoms with Gasteiger partial charge in [0.05, 0.1) is 0 Å². The number of carboxylic acid groups (broad SMARTS) is 1. The molecule has 0 saturated heterocycles. The number of carbonyl (C=O) groups is 2. The predicted molar refractivity (Wildman–Crippen MR) is 50.8 cm³/mol. The molecular formula is C9H17NO4. The maximum Gasteiger partial charge on any atom is 0.312 e. The van der Waals surface area contributed by atoms with Crippen LogP contribution in [0.15, 0.2) is 0 Å². The monoisotopic (exact) mass is 203 g/mol. The summed E-state index contributed by atoms with van der Waals surface area (Å²) in [5.41, 5.74) is -0.513. The summed E-state index contributed by atoms with van der Waals surface area (Å²) in [6.45, 7) is 3.62. The zero-order valence-corrected chi connectivity index (χ0v) is 8.54. The van der Waals surface area contributed by atoms with Gasteiger partial charge in [-0.1, -0.05) is 6.92 Å². The van der Waals surface area contributed by atoms with Gasteiger partial charge in [-0.3, -0.25) is 9.59 Å². The summed E-state index contributed by atoms with van der Waals surface area (Å²) < 4.78 is 0. The standard InChI is InChI=1S/C9H17NO4/c1-3-9(2,4-5-11)10-7(12)6-8(13)14/h11H,3-6H2,1-2H3,(H,10,12)(H,13,14). The summed E-state index contributed by atoms with van der Waals surface area (Å²) in [6, 6.07) is 0. The van der Waals surface area contributed by atoms with E-state index in [0.29, 0.717) is 12.8 Å². The van der Waals surface area contributed by atoms with Crippen LogP contribution < -0.4 is 5.32 Å². The first-order valence-corrected chi connectivity index (χ1v) is 4.57. The van der Waals surface area contributed by atoms with Crippen LogP contribution in [-0.4, -0.2) is 34.2 Å². The van der Waals surface area contributed by atoms with Gasteiger partial charge in [-0.25, -0.2) is 0 Å². The van der Waals surface area contributed by atoms with Crippen molar-refractivity contribution in [2.24, 2.45) is 0 Å². The zero-order chi connectivity index (χ0) is 11.2. The number of hydrogen-bond donors (Lipinski definition) is 3. The Morgan fingerprint density at radius 2 is 2.00 bits per heavy atom. The number of carbonyl (C=O) groups excluding carboxylic acids is 1. The topological polar surface area (TPSA) is 86.6 Å². The van der Waals surface area contributed by atoms with Gasteiger partial charge in [-0.05, 0) is 19.8 Å². The van der Waals surface area contributed by atoms with E-state index in [2.05, 4.69) is 5.32 Å². The third kappa shape index (κ3) is 4.81. The number of aliphatic hydroxyl groups excluding tert-OH is 1. The summed E-state index contributed by atoms with van der Waals surface area (Å²) in [7, 11) is 0. The summed E-state index contributed by atoms with van der Waals surface area (Å²) in [6.07, 6.45) is 0.550. The number of aliphatic hydroxyl groups is 1. The van der Waals surface area contributed by atoms with Gasteiger partial charge >= 0.3 is 5.97 Å². The quantitative estimate of drug-likeness (QED) is 0.535. The minimum absolute atomic E-state index is 0.0301. The lowest BCUT2D eigenvalue weighted by Gasteiger charge is -2.28. The van der Waals surface area contributed by atoms with E-state index in [9.17, 15) is 9.59 Å². The Labute approximate surface area is 83.1 Å². The highest BCUT2D eigenvalue weighted by Gasteiger charge is 2.24. The first-order valence-electron chi connectivity index (χ1n) is 4.57. The van der Waals surface area contributed by atoms with Crippen molar-refractivity contribution in [3.05, 3.63) is 0 Å². The first kappa shape index (κ1) is 12.9. The van der Waals surface area contributed by atoms with E-state index in [0.717, 1.165) is 0 Å². The van der Waals surface area contributed by atoms with E-state index in [-0.39, 0.29) is 6.61 Å². The van der Waals surface area contributed by atoms with Crippen molar-refractivity contribution < 1.29 is 19.8 Å². The first-order chi connectivity index (χ1) is 6.43. The summed E-state index contributed by atoms with van der Waals surface area (Å²) in [5.74, 6) is -1.67. The molecule has 1 unspecified atom stereocenters. The lowest BCUT2D eigenvalue weighted by atomic mass is 9.95. The highest BCUT2D eigenvalue weighted by Crippen LogP contribution is 2.13. The molecule has 0 aliphatic rings. The van der Waals surface area contributed by atoms with Gasteiger partial charge in [0.1, 0.15) is 6.42 Å². The maximum atomic E-state index is 11.1. The smallest absolute Gasteiger partial charge is 0.312 e. The van der Waals surface area contributed by atoms with Crippen LogP contribution in [0.1, 0.15) is 33.1 Å². The second-order valence-electron chi connectivity index (χ2n) is 3.51. The number of nitrogens with one attached hydrogen (secondary N) is 1. The van der Waals surface area contributed by atoms with Gasteiger partial charge in [-0.15, -0.1) is 0 Å². The molecule has 0 rings (SSSR count). The van der Waals surface area contributed by atoms with Crippen molar-refractivity contribution in [1.82, 2.24) is 5.32 Å². The van der Waals surface area contributed by atoms with Crippen molar-refractivity contribution in [3.63, 3.8) is 0 Å². The highest BCUT2D eigenvalue weighted by molar-refractivity contribution is 5.93. The number of rotatable bonds is 6. The van der Waals surface area contributed by atoms with Crippen molar-refractivity contribution in [1.29, 1.82) is 0 Å². The number of amides is 1. The van der Waals surface area contributed by atoms with E-state index in [1.165, 1.54) is 0 Å². The lowest BCUT2D eigenvalue weighted by molar-refractivity contribution is -0.141. The van der Waals surface area contributed by atoms with E-state index >= 15 is 0 Å². The molecule has 0 aromatic carbocycles. The molecule has 0 aromatic heterocycles. The van der Waals surface area contributed by atoms with E-state index in [4.69, 9.17) is 10.2 Å². The molecule has 3 N–H and O–H groups in total. The minimum Gasteiger partial charge on any atom is -0.481 e. The molecule has 5 heteroatoms. The number of aliphatic carboxylic acids is 1. The SMILES string of the molecule is CCC(C)(CCO)NC(=O)CC(=O)O. The van der Waals surface area contributed by atoms with Crippen molar-refractivity contribution in [3.8, 4) is 0 Å². The molecule has 0 radical (unpaired) electrons. The summed E-state index contributed by atoms with van der Waals surface area (Å²) in [4.78, 5) is 21.4. The average Bonchev–Trinajstić information content (AvgIpc) is 2.02. The third-order valence-corrected chi connectivity index (χ3v) is 2.20. The van der Waals surface area contributed by atoms with Gasteiger partial charge in [0.2, 0.25) is 5.91 Å². The Kier molecular flexibility index (Phi) is 5.15. The van der Waals surface area contributed by atoms with Crippen LogP contribution >= 0.6 is 0 Å². The van der Waals surface area contributed by atoms with Crippen LogP contribution in [0.3, 0.4) is 0 Å². The second-order valence-corrected chi connectivity index (χ2v) is 3.51. The van der Waals surface area contributed by atoms with E-state index < -0.39 is 23.8 Å². The molecule has 14 heavy (non-hydrogen) atoms. The molecule has 0 bridgehead atoms. The average molecular weight is 203 g/mol. The zero-order valence-electron chi connectivity index (χ0n) is 8.54. The van der Waals surface area contributed by atoms with Gasteiger partial charge in [-0.2, -0.15) is 0 Å². The summed E-state index contributed by atoms with van der Waals surface area (Å²) in [5, 5.41) is 19.7. The Morgan fingerprint density at radius 3 is 2.36 bits per heavy atom. The Morgan fingerprint density at radius 1 is 1.43 bits per heavy atom. The Balaban J connectivity index is 4.16. The lowest BCUT2D eigenvalue weighted by Crippen LogP contribution is -2.46. The Hall–Kier alpha value is -1.10. The minimum atomic E-state index is -1.15. The molecule has 0 saturated carbocycles. The molecule has 0 aliphatic carbocycles. The predicted octanol–water partition coefficient (Wildman–Crippen LogP) is 0.128. The van der Waals surface area contributed by atoms with Gasteiger partial charge in [0, 0.05) is 12.1 Å². The van der Waals surface area contributed by atoms with Crippen LogP contribution in [0.2, 0.25) is 0 Å². The van der Waals surface area contributed by atoms with E-state index in [1.54, 1.807) is 6.92 Å². The molecule has 1 amide bonds. The molecule has 0 fully saturated rings. The third-order valence-electron chi connectivity index (χ3n) is 2.20. The largest absolute Gasteiger partial charge is 0.481 e. The fourth-order valence-electron chi connectivity index (χ4n) is 1.09. The van der Waals surface area contributed by atoms with Crippen LogP contribution in [0.25, 0.3) is 0 Å². The van der Waals surface area contributed by atoms with Gasteiger partial charge in [0.25, 0.3) is 0 Å². The fraction of sp³-hybridized carbons (Fsp3) is 0.778. The van der Waals surface area contributed by atoms with Gasteiger partial charge in [0.15, 0.2) is 0 Å². The molecule has 0 aliphatic heterocycles. The molecule has 82 valence electrons. The molecular weight excluding hydrogens is 186 g/mol. The fourth-order valence-corrected chi connectivity index (χ4v) is 1.09. The number of carboxylic acids is 1. The highest BCUT2D eigenvalue weighted by atomic mass is 16.4. The van der Waals surface area contributed by atoms with Crippen molar-refractivity contribution in [2.45, 2.75) is 38.6 Å². The molecule has 0 spiro atoms. The number of hydrogen-bond acceptors (Lipinski definition) is 3. The van der Waals surface area contributed by atoms with E-state index in [1.807, 2.05) is 6.92 Å². The van der Waals surface area contributed by atoms with Crippen molar-refractivity contribution in [2.75, 3.05) is 6.61 Å². The van der Waals surface area contributed by atoms with Crippen LogP contribution in [0.4, 0.5) is 0 Å². The van der Waals surface area contributed by atoms with Gasteiger partial charge < -0.3 is 15.5 Å². The van der Waals surface area contributed by atoms with Crippen molar-refractivity contribution >= 4 is 11.9 Å². The second kappa shape index (κ2) is 5.59. The molecule has 1 atom stereocenters.